The van der Waals surface area contributed by atoms with E-state index in [-0.39, 0.29) is 11.9 Å². The highest BCUT2D eigenvalue weighted by atomic mass is 79.9. The summed E-state index contributed by atoms with van der Waals surface area (Å²) in [5, 5.41) is 4.42. The molecule has 0 aliphatic rings. The van der Waals surface area contributed by atoms with Crippen LogP contribution in [0.1, 0.15) is 34.5 Å². The highest BCUT2D eigenvalue weighted by Crippen LogP contribution is 2.18. The molecule has 2 aromatic rings. The Labute approximate surface area is 132 Å². The Kier molecular flexibility index (Phi) is 5.21. The van der Waals surface area contributed by atoms with E-state index in [1.165, 1.54) is 0 Å². The SMILES string of the molecule is C[C@@H](NC(=O)c1ccc(CBr)cc1)c1cccc(Cl)c1. The lowest BCUT2D eigenvalue weighted by atomic mass is 10.1. The molecular formula is C16H15BrClNO. The molecule has 1 N–H and O–H groups in total. The fourth-order valence-electron chi connectivity index (χ4n) is 1.88. The monoisotopic (exact) mass is 351 g/mol. The summed E-state index contributed by atoms with van der Waals surface area (Å²) < 4.78 is 0. The molecule has 2 rings (SSSR count). The van der Waals surface area contributed by atoms with Gasteiger partial charge in [-0.05, 0) is 42.3 Å². The standard InChI is InChI=1S/C16H15BrClNO/c1-11(14-3-2-4-15(18)9-14)19-16(20)13-7-5-12(10-17)6-8-13/h2-9,11H,10H2,1H3,(H,19,20)/t11-/m1/s1. The van der Waals surface area contributed by atoms with Gasteiger partial charge in [0.25, 0.3) is 5.91 Å². The number of amides is 1. The van der Waals surface area contributed by atoms with Crippen molar-refractivity contribution in [1.82, 2.24) is 5.32 Å². The van der Waals surface area contributed by atoms with Crippen molar-refractivity contribution in [3.05, 3.63) is 70.2 Å². The van der Waals surface area contributed by atoms with Crippen molar-refractivity contribution in [2.24, 2.45) is 0 Å². The molecule has 0 unspecified atom stereocenters. The van der Waals surface area contributed by atoms with Gasteiger partial charge >= 0.3 is 0 Å². The molecule has 1 atom stereocenters. The lowest BCUT2D eigenvalue weighted by Gasteiger charge is -2.14. The fourth-order valence-corrected chi connectivity index (χ4v) is 2.46. The zero-order valence-corrected chi connectivity index (χ0v) is 13.4. The van der Waals surface area contributed by atoms with Crippen molar-refractivity contribution in [3.63, 3.8) is 0 Å². The molecule has 0 aromatic heterocycles. The van der Waals surface area contributed by atoms with E-state index in [0.29, 0.717) is 10.6 Å². The van der Waals surface area contributed by atoms with Crippen molar-refractivity contribution in [3.8, 4) is 0 Å². The van der Waals surface area contributed by atoms with Gasteiger partial charge in [0.05, 0.1) is 6.04 Å². The van der Waals surface area contributed by atoms with E-state index in [0.717, 1.165) is 16.5 Å². The molecule has 0 aliphatic heterocycles. The van der Waals surface area contributed by atoms with Gasteiger partial charge in [0.1, 0.15) is 0 Å². The van der Waals surface area contributed by atoms with E-state index in [9.17, 15) is 4.79 Å². The van der Waals surface area contributed by atoms with Crippen molar-refractivity contribution in [1.29, 1.82) is 0 Å². The maximum atomic E-state index is 12.2. The number of nitrogens with one attached hydrogen (secondary N) is 1. The van der Waals surface area contributed by atoms with Gasteiger partial charge in [-0.15, -0.1) is 0 Å². The van der Waals surface area contributed by atoms with Crippen molar-refractivity contribution in [2.45, 2.75) is 18.3 Å². The minimum absolute atomic E-state index is 0.0846. The number of carbonyl (C=O) groups is 1. The van der Waals surface area contributed by atoms with Gasteiger partial charge < -0.3 is 5.32 Å². The molecule has 0 aliphatic carbocycles. The Morgan fingerprint density at radius 3 is 2.55 bits per heavy atom. The molecule has 0 saturated carbocycles. The topological polar surface area (TPSA) is 29.1 Å². The van der Waals surface area contributed by atoms with Crippen LogP contribution in [0.25, 0.3) is 0 Å². The summed E-state index contributed by atoms with van der Waals surface area (Å²) in [6.07, 6.45) is 0. The van der Waals surface area contributed by atoms with E-state index in [2.05, 4.69) is 21.2 Å². The molecule has 2 nitrogen and oxygen atoms in total. The minimum atomic E-state index is -0.0861. The second kappa shape index (κ2) is 6.91. The molecule has 0 spiro atoms. The van der Waals surface area contributed by atoms with Crippen LogP contribution < -0.4 is 5.32 Å². The predicted octanol–water partition coefficient (Wildman–Crippen LogP) is 4.73. The van der Waals surface area contributed by atoms with Crippen LogP contribution in [0.15, 0.2) is 48.5 Å². The third kappa shape index (κ3) is 3.84. The van der Waals surface area contributed by atoms with Crippen LogP contribution in [0.2, 0.25) is 5.02 Å². The number of benzene rings is 2. The van der Waals surface area contributed by atoms with Gasteiger partial charge in [-0.2, -0.15) is 0 Å². The predicted molar refractivity (Wildman–Crippen MR) is 86.4 cm³/mol. The average molecular weight is 353 g/mol. The lowest BCUT2D eigenvalue weighted by molar-refractivity contribution is 0.0940. The lowest BCUT2D eigenvalue weighted by Crippen LogP contribution is -2.26. The van der Waals surface area contributed by atoms with E-state index in [4.69, 9.17) is 11.6 Å². The van der Waals surface area contributed by atoms with E-state index in [1.807, 2.05) is 55.5 Å². The van der Waals surface area contributed by atoms with Gasteiger partial charge in [0.2, 0.25) is 0 Å². The van der Waals surface area contributed by atoms with Gasteiger partial charge in [0, 0.05) is 15.9 Å². The summed E-state index contributed by atoms with van der Waals surface area (Å²) in [6, 6.07) is 15.0. The normalized spacial score (nSPS) is 11.9. The highest BCUT2D eigenvalue weighted by Gasteiger charge is 2.11. The van der Waals surface area contributed by atoms with E-state index < -0.39 is 0 Å². The van der Waals surface area contributed by atoms with Gasteiger partial charge in [-0.3, -0.25) is 4.79 Å². The number of halogens is 2. The molecule has 4 heteroatoms. The smallest absolute Gasteiger partial charge is 0.251 e. The molecule has 0 bridgehead atoms. The number of carbonyl (C=O) groups excluding carboxylic acids is 1. The van der Waals surface area contributed by atoms with Crippen LogP contribution in [0.4, 0.5) is 0 Å². The largest absolute Gasteiger partial charge is 0.346 e. The number of rotatable bonds is 4. The molecule has 104 valence electrons. The second-order valence-corrected chi connectivity index (χ2v) is 5.58. The van der Waals surface area contributed by atoms with Crippen LogP contribution in [-0.4, -0.2) is 5.91 Å². The van der Waals surface area contributed by atoms with Crippen LogP contribution in [0, 0.1) is 0 Å². The molecule has 1 amide bonds. The summed E-state index contributed by atoms with van der Waals surface area (Å²) in [5.41, 5.74) is 2.79. The third-order valence-electron chi connectivity index (χ3n) is 3.07. The molecule has 2 aromatic carbocycles. The Morgan fingerprint density at radius 2 is 1.95 bits per heavy atom. The summed E-state index contributed by atoms with van der Waals surface area (Å²) >= 11 is 9.34. The third-order valence-corrected chi connectivity index (χ3v) is 3.95. The quantitative estimate of drug-likeness (QED) is 0.792. The molecule has 0 fully saturated rings. The summed E-state index contributed by atoms with van der Waals surface area (Å²) in [7, 11) is 0. The maximum absolute atomic E-state index is 12.2. The first-order valence-corrected chi connectivity index (χ1v) is 7.81. The van der Waals surface area contributed by atoms with Gasteiger partial charge in [-0.25, -0.2) is 0 Å². The number of hydrogen-bond acceptors (Lipinski definition) is 1. The first kappa shape index (κ1) is 15.1. The zero-order valence-electron chi connectivity index (χ0n) is 11.1. The van der Waals surface area contributed by atoms with Crippen LogP contribution in [0.5, 0.6) is 0 Å². The second-order valence-electron chi connectivity index (χ2n) is 4.58. The highest BCUT2D eigenvalue weighted by molar-refractivity contribution is 9.08. The number of alkyl halides is 1. The average Bonchev–Trinajstić information content (AvgIpc) is 2.47. The Hall–Kier alpha value is -1.32. The first-order valence-electron chi connectivity index (χ1n) is 6.31. The van der Waals surface area contributed by atoms with Gasteiger partial charge in [-0.1, -0.05) is 51.8 Å². The minimum Gasteiger partial charge on any atom is -0.346 e. The van der Waals surface area contributed by atoms with E-state index in [1.54, 1.807) is 0 Å². The summed E-state index contributed by atoms with van der Waals surface area (Å²) in [6.45, 7) is 1.94. The zero-order chi connectivity index (χ0) is 14.5. The summed E-state index contributed by atoms with van der Waals surface area (Å²) in [5.74, 6) is -0.0846. The Morgan fingerprint density at radius 1 is 1.25 bits per heavy atom. The maximum Gasteiger partial charge on any atom is 0.251 e. The van der Waals surface area contributed by atoms with E-state index >= 15 is 0 Å². The van der Waals surface area contributed by atoms with Crippen molar-refractivity contribution in [2.75, 3.05) is 0 Å². The van der Waals surface area contributed by atoms with Crippen molar-refractivity contribution < 1.29 is 4.79 Å². The van der Waals surface area contributed by atoms with Crippen LogP contribution in [-0.2, 0) is 5.33 Å². The summed E-state index contributed by atoms with van der Waals surface area (Å²) in [4.78, 5) is 12.2. The van der Waals surface area contributed by atoms with Crippen molar-refractivity contribution >= 4 is 33.4 Å². The molecule has 0 heterocycles. The Bertz CT molecular complexity index is 598. The first-order chi connectivity index (χ1) is 9.60. The Balaban J connectivity index is 2.06. The molecular weight excluding hydrogens is 338 g/mol. The molecule has 0 radical (unpaired) electrons. The fraction of sp³-hybridized carbons (Fsp3) is 0.188. The van der Waals surface area contributed by atoms with Crippen LogP contribution in [0.3, 0.4) is 0 Å². The van der Waals surface area contributed by atoms with Crippen LogP contribution >= 0.6 is 27.5 Å². The molecule has 20 heavy (non-hydrogen) atoms. The number of hydrogen-bond donors (Lipinski definition) is 1. The molecule has 0 saturated heterocycles. The van der Waals surface area contributed by atoms with Gasteiger partial charge in [0.15, 0.2) is 0 Å².